The second kappa shape index (κ2) is 2.46. The lowest BCUT2D eigenvalue weighted by Crippen LogP contribution is -2.68. The summed E-state index contributed by atoms with van der Waals surface area (Å²) >= 11 is 0. The van der Waals surface area contributed by atoms with Crippen molar-refractivity contribution in [3.05, 3.63) is 0 Å². The molecule has 4 N–H and O–H groups in total. The maximum Gasteiger partial charge on any atom is 0.234 e. The summed E-state index contributed by atoms with van der Waals surface area (Å²) in [5.74, 6) is -0.277. The zero-order chi connectivity index (χ0) is 8.65. The first-order valence-corrected chi connectivity index (χ1v) is 3.75. The number of hydrogen-bond donors (Lipinski definition) is 2. The van der Waals surface area contributed by atoms with Crippen molar-refractivity contribution in [1.29, 1.82) is 0 Å². The van der Waals surface area contributed by atoms with Gasteiger partial charge in [-0.15, -0.1) is 0 Å². The fourth-order valence-corrected chi connectivity index (χ4v) is 1.34. The molecule has 4 heteroatoms. The molecular weight excluding hydrogens is 142 g/mol. The molecule has 0 bridgehead atoms. The SMILES string of the molecule is CC(C(N)=O)N1CC(C)(N)C1. The zero-order valence-electron chi connectivity index (χ0n) is 7.00. The summed E-state index contributed by atoms with van der Waals surface area (Å²) < 4.78 is 0. The zero-order valence-corrected chi connectivity index (χ0v) is 7.00. The first kappa shape index (κ1) is 8.49. The van der Waals surface area contributed by atoms with E-state index in [4.69, 9.17) is 11.5 Å². The summed E-state index contributed by atoms with van der Waals surface area (Å²) in [5, 5.41) is 0. The molecule has 11 heavy (non-hydrogen) atoms. The van der Waals surface area contributed by atoms with E-state index in [1.165, 1.54) is 0 Å². The standard InChI is InChI=1S/C7H15N3O/c1-5(6(8)11)10-3-7(2,9)4-10/h5H,3-4,9H2,1-2H3,(H2,8,11). The number of carbonyl (C=O) groups is 1. The van der Waals surface area contributed by atoms with Crippen LogP contribution in [0.15, 0.2) is 0 Å². The van der Waals surface area contributed by atoms with Crippen molar-refractivity contribution in [3.8, 4) is 0 Å². The van der Waals surface area contributed by atoms with Gasteiger partial charge in [0.25, 0.3) is 0 Å². The van der Waals surface area contributed by atoms with Crippen molar-refractivity contribution in [1.82, 2.24) is 4.90 Å². The third kappa shape index (κ3) is 1.70. The molecule has 1 amide bonds. The van der Waals surface area contributed by atoms with Gasteiger partial charge in [0.2, 0.25) is 5.91 Å². The van der Waals surface area contributed by atoms with E-state index in [9.17, 15) is 4.79 Å². The van der Waals surface area contributed by atoms with Crippen molar-refractivity contribution in [2.45, 2.75) is 25.4 Å². The Balaban J connectivity index is 2.38. The fourth-order valence-electron chi connectivity index (χ4n) is 1.34. The minimum Gasteiger partial charge on any atom is -0.368 e. The van der Waals surface area contributed by atoms with Gasteiger partial charge >= 0.3 is 0 Å². The molecule has 1 unspecified atom stereocenters. The van der Waals surface area contributed by atoms with Gasteiger partial charge in [0.1, 0.15) is 0 Å². The third-order valence-corrected chi connectivity index (χ3v) is 2.09. The van der Waals surface area contributed by atoms with Crippen LogP contribution in [-0.4, -0.2) is 35.5 Å². The highest BCUT2D eigenvalue weighted by Gasteiger charge is 2.38. The number of rotatable bonds is 2. The van der Waals surface area contributed by atoms with Crippen molar-refractivity contribution in [2.24, 2.45) is 11.5 Å². The number of nitrogens with zero attached hydrogens (tertiary/aromatic N) is 1. The topological polar surface area (TPSA) is 72.4 Å². The van der Waals surface area contributed by atoms with Gasteiger partial charge in [-0.3, -0.25) is 9.69 Å². The summed E-state index contributed by atoms with van der Waals surface area (Å²) in [6.45, 7) is 5.29. The van der Waals surface area contributed by atoms with Crippen LogP contribution in [0.5, 0.6) is 0 Å². The van der Waals surface area contributed by atoms with E-state index in [0.717, 1.165) is 13.1 Å². The molecule has 1 aliphatic rings. The normalized spacial score (nSPS) is 25.7. The van der Waals surface area contributed by atoms with Gasteiger partial charge in [-0.25, -0.2) is 0 Å². The minimum atomic E-state index is -0.277. The molecule has 0 spiro atoms. The Bertz CT molecular complexity index is 171. The van der Waals surface area contributed by atoms with Gasteiger partial charge in [-0.1, -0.05) is 0 Å². The van der Waals surface area contributed by atoms with Crippen molar-refractivity contribution in [2.75, 3.05) is 13.1 Å². The number of amides is 1. The third-order valence-electron chi connectivity index (χ3n) is 2.09. The number of carbonyl (C=O) groups excluding carboxylic acids is 1. The Morgan fingerprint density at radius 1 is 1.64 bits per heavy atom. The molecule has 4 nitrogen and oxygen atoms in total. The molecule has 0 saturated carbocycles. The summed E-state index contributed by atoms with van der Waals surface area (Å²) in [6.07, 6.45) is 0. The first-order valence-electron chi connectivity index (χ1n) is 3.75. The molecule has 1 rings (SSSR count). The second-order valence-electron chi connectivity index (χ2n) is 3.64. The largest absolute Gasteiger partial charge is 0.368 e. The second-order valence-corrected chi connectivity index (χ2v) is 3.64. The van der Waals surface area contributed by atoms with Crippen molar-refractivity contribution in [3.63, 3.8) is 0 Å². The van der Waals surface area contributed by atoms with Crippen LogP contribution in [0.3, 0.4) is 0 Å². The van der Waals surface area contributed by atoms with Gasteiger partial charge in [0, 0.05) is 18.6 Å². The van der Waals surface area contributed by atoms with Crippen LogP contribution in [0, 0.1) is 0 Å². The Hall–Kier alpha value is -0.610. The van der Waals surface area contributed by atoms with Crippen LogP contribution in [0.4, 0.5) is 0 Å². The van der Waals surface area contributed by atoms with E-state index in [1.54, 1.807) is 6.92 Å². The Kier molecular flexibility index (Phi) is 1.90. The van der Waals surface area contributed by atoms with Crippen LogP contribution in [0.25, 0.3) is 0 Å². The van der Waals surface area contributed by atoms with E-state index in [-0.39, 0.29) is 17.5 Å². The maximum atomic E-state index is 10.7. The number of primary amides is 1. The van der Waals surface area contributed by atoms with Crippen LogP contribution in [0.1, 0.15) is 13.8 Å². The smallest absolute Gasteiger partial charge is 0.234 e. The summed E-state index contributed by atoms with van der Waals surface area (Å²) in [4.78, 5) is 12.7. The highest BCUT2D eigenvalue weighted by Crippen LogP contribution is 2.19. The van der Waals surface area contributed by atoms with Crippen molar-refractivity contribution >= 4 is 5.91 Å². The quantitative estimate of drug-likeness (QED) is 0.534. The average Bonchev–Trinajstić information content (AvgIpc) is 1.80. The van der Waals surface area contributed by atoms with E-state index < -0.39 is 0 Å². The molecule has 1 saturated heterocycles. The fraction of sp³-hybridized carbons (Fsp3) is 0.857. The highest BCUT2D eigenvalue weighted by molar-refractivity contribution is 5.79. The number of nitrogens with two attached hydrogens (primary N) is 2. The van der Waals surface area contributed by atoms with E-state index >= 15 is 0 Å². The van der Waals surface area contributed by atoms with Crippen molar-refractivity contribution < 1.29 is 4.79 Å². The first-order chi connectivity index (χ1) is 4.92. The van der Waals surface area contributed by atoms with E-state index in [0.29, 0.717) is 0 Å². The van der Waals surface area contributed by atoms with Gasteiger partial charge in [-0.05, 0) is 13.8 Å². The molecule has 1 aliphatic heterocycles. The molecule has 1 fully saturated rings. The Morgan fingerprint density at radius 3 is 2.36 bits per heavy atom. The molecule has 0 aromatic rings. The molecule has 0 radical (unpaired) electrons. The molecular formula is C7H15N3O. The van der Waals surface area contributed by atoms with Gasteiger partial charge < -0.3 is 11.5 Å². The highest BCUT2D eigenvalue weighted by atomic mass is 16.1. The van der Waals surface area contributed by atoms with Crippen LogP contribution in [-0.2, 0) is 4.79 Å². The lowest BCUT2D eigenvalue weighted by atomic mass is 9.92. The molecule has 0 aliphatic carbocycles. The molecule has 1 heterocycles. The van der Waals surface area contributed by atoms with Crippen LogP contribution >= 0.6 is 0 Å². The average molecular weight is 157 g/mol. The van der Waals surface area contributed by atoms with E-state index in [1.807, 2.05) is 11.8 Å². The van der Waals surface area contributed by atoms with E-state index in [2.05, 4.69) is 0 Å². The maximum absolute atomic E-state index is 10.7. The van der Waals surface area contributed by atoms with Crippen LogP contribution < -0.4 is 11.5 Å². The van der Waals surface area contributed by atoms with Gasteiger partial charge in [-0.2, -0.15) is 0 Å². The summed E-state index contributed by atoms with van der Waals surface area (Å²) in [6, 6.07) is -0.174. The number of hydrogen-bond acceptors (Lipinski definition) is 3. The molecule has 0 aromatic carbocycles. The molecule has 1 atom stereocenters. The van der Waals surface area contributed by atoms with Gasteiger partial charge in [0.05, 0.1) is 6.04 Å². The molecule has 0 aromatic heterocycles. The summed E-state index contributed by atoms with van der Waals surface area (Å²) in [5.41, 5.74) is 10.7. The Labute approximate surface area is 66.5 Å². The molecule has 64 valence electrons. The number of likely N-dealkylation sites (tertiary alicyclic amines) is 1. The minimum absolute atomic E-state index is 0.121. The Morgan fingerprint density at radius 2 is 2.09 bits per heavy atom. The monoisotopic (exact) mass is 157 g/mol. The predicted molar refractivity (Wildman–Crippen MR) is 42.8 cm³/mol. The lowest BCUT2D eigenvalue weighted by Gasteiger charge is -2.47. The summed E-state index contributed by atoms with van der Waals surface area (Å²) in [7, 11) is 0. The predicted octanol–water partition coefficient (Wildman–Crippen LogP) is -1.11. The van der Waals surface area contributed by atoms with Crippen LogP contribution in [0.2, 0.25) is 0 Å². The lowest BCUT2D eigenvalue weighted by molar-refractivity contribution is -0.125. The van der Waals surface area contributed by atoms with Gasteiger partial charge in [0.15, 0.2) is 0 Å².